The first kappa shape index (κ1) is 14.3. The molecule has 0 aromatic heterocycles. The summed E-state index contributed by atoms with van der Waals surface area (Å²) in [6, 6.07) is 4.35. The number of sulfonamides is 1. The molecule has 1 aromatic carbocycles. The number of hydrogen-bond donors (Lipinski definition) is 1. The predicted octanol–water partition coefficient (Wildman–Crippen LogP) is 1.52. The topological polar surface area (TPSA) is 49.4 Å². The number of benzene rings is 1. The normalized spacial score (nSPS) is 14.7. The third-order valence-electron chi connectivity index (χ3n) is 3.24. The maximum absolute atomic E-state index is 13.2. The second-order valence-electron chi connectivity index (χ2n) is 4.62. The molecule has 1 aromatic rings. The fourth-order valence-electron chi connectivity index (χ4n) is 2.28. The van der Waals surface area contributed by atoms with Gasteiger partial charge in [-0.05, 0) is 43.6 Å². The summed E-state index contributed by atoms with van der Waals surface area (Å²) in [4.78, 5) is 0. The molecule has 106 valence electrons. The summed E-state index contributed by atoms with van der Waals surface area (Å²) in [6.45, 7) is 3.91. The molecule has 0 fully saturated rings. The van der Waals surface area contributed by atoms with Crippen molar-refractivity contribution in [3.63, 3.8) is 0 Å². The molecule has 2 rings (SSSR count). The minimum atomic E-state index is -3.34. The summed E-state index contributed by atoms with van der Waals surface area (Å²) in [7, 11) is -3.34. The van der Waals surface area contributed by atoms with Gasteiger partial charge in [-0.15, -0.1) is 0 Å². The fourth-order valence-corrected chi connectivity index (χ4v) is 3.85. The first-order chi connectivity index (χ1) is 9.04. The summed E-state index contributed by atoms with van der Waals surface area (Å²) in [6.07, 6.45) is 1.22. The Balaban J connectivity index is 2.09. The number of nitrogens with one attached hydrogen (secondary N) is 1. The smallest absolute Gasteiger partial charge is 0.235 e. The van der Waals surface area contributed by atoms with Gasteiger partial charge in [-0.2, -0.15) is 0 Å². The first-order valence-corrected chi connectivity index (χ1v) is 8.15. The Morgan fingerprint density at radius 1 is 1.42 bits per heavy atom. The second kappa shape index (κ2) is 5.88. The lowest BCUT2D eigenvalue weighted by Crippen LogP contribution is -2.32. The van der Waals surface area contributed by atoms with E-state index in [0.29, 0.717) is 31.6 Å². The molecular formula is C13H19FN2O2S. The van der Waals surface area contributed by atoms with Crippen LogP contribution in [0.15, 0.2) is 18.2 Å². The third-order valence-corrected chi connectivity index (χ3v) is 5.10. The molecule has 0 saturated heterocycles. The third kappa shape index (κ3) is 3.25. The van der Waals surface area contributed by atoms with Crippen LogP contribution < -0.4 is 9.62 Å². The molecule has 1 aliphatic rings. The maximum atomic E-state index is 13.2. The zero-order chi connectivity index (χ0) is 13.9. The lowest BCUT2D eigenvalue weighted by Gasteiger charge is -2.19. The molecule has 1 heterocycles. The fraction of sp³-hybridized carbons (Fsp3) is 0.538. The molecule has 1 N–H and O–H groups in total. The molecule has 0 spiro atoms. The number of nitrogens with zero attached hydrogens (tertiary/aromatic N) is 1. The van der Waals surface area contributed by atoms with Crippen molar-refractivity contribution in [2.45, 2.75) is 19.8 Å². The van der Waals surface area contributed by atoms with E-state index in [1.54, 1.807) is 6.07 Å². The van der Waals surface area contributed by atoms with Gasteiger partial charge < -0.3 is 5.32 Å². The largest absolute Gasteiger partial charge is 0.317 e. The maximum Gasteiger partial charge on any atom is 0.235 e. The van der Waals surface area contributed by atoms with Gasteiger partial charge in [0.2, 0.25) is 10.0 Å². The van der Waals surface area contributed by atoms with E-state index in [1.165, 1.54) is 16.4 Å². The number of rotatable bonds is 6. The van der Waals surface area contributed by atoms with E-state index >= 15 is 0 Å². The zero-order valence-electron chi connectivity index (χ0n) is 11.0. The van der Waals surface area contributed by atoms with Crippen molar-refractivity contribution in [2.75, 3.05) is 29.7 Å². The average Bonchev–Trinajstić information content (AvgIpc) is 2.78. The van der Waals surface area contributed by atoms with E-state index in [4.69, 9.17) is 0 Å². The Morgan fingerprint density at radius 2 is 2.21 bits per heavy atom. The zero-order valence-corrected chi connectivity index (χ0v) is 11.8. The van der Waals surface area contributed by atoms with Crippen LogP contribution in [0.25, 0.3) is 0 Å². The van der Waals surface area contributed by atoms with Gasteiger partial charge in [0.25, 0.3) is 0 Å². The van der Waals surface area contributed by atoms with Crippen molar-refractivity contribution in [3.8, 4) is 0 Å². The van der Waals surface area contributed by atoms with Crippen molar-refractivity contribution in [2.24, 2.45) is 0 Å². The minimum Gasteiger partial charge on any atom is -0.317 e. The van der Waals surface area contributed by atoms with E-state index in [2.05, 4.69) is 5.32 Å². The summed E-state index contributed by atoms with van der Waals surface area (Å²) < 4.78 is 39.1. The van der Waals surface area contributed by atoms with E-state index in [9.17, 15) is 12.8 Å². The van der Waals surface area contributed by atoms with Crippen molar-refractivity contribution in [3.05, 3.63) is 29.6 Å². The Hall–Kier alpha value is -1.14. The summed E-state index contributed by atoms with van der Waals surface area (Å²) >= 11 is 0. The van der Waals surface area contributed by atoms with Crippen molar-refractivity contribution in [1.29, 1.82) is 0 Å². The van der Waals surface area contributed by atoms with Gasteiger partial charge in [0.1, 0.15) is 5.82 Å². The molecule has 0 bridgehead atoms. The average molecular weight is 286 g/mol. The van der Waals surface area contributed by atoms with Crippen LogP contribution in [0.4, 0.5) is 10.1 Å². The molecule has 6 heteroatoms. The van der Waals surface area contributed by atoms with Gasteiger partial charge in [0.15, 0.2) is 0 Å². The van der Waals surface area contributed by atoms with Gasteiger partial charge in [0, 0.05) is 6.54 Å². The van der Waals surface area contributed by atoms with Crippen LogP contribution in [0.1, 0.15) is 18.9 Å². The number of anilines is 1. The highest BCUT2D eigenvalue weighted by atomic mass is 32.2. The highest BCUT2D eigenvalue weighted by molar-refractivity contribution is 7.92. The monoisotopic (exact) mass is 286 g/mol. The van der Waals surface area contributed by atoms with Crippen LogP contribution >= 0.6 is 0 Å². The highest BCUT2D eigenvalue weighted by Crippen LogP contribution is 2.31. The van der Waals surface area contributed by atoms with Gasteiger partial charge in [-0.3, -0.25) is 4.31 Å². The lowest BCUT2D eigenvalue weighted by molar-refractivity contribution is 0.586. The number of halogens is 1. The van der Waals surface area contributed by atoms with E-state index in [0.717, 1.165) is 12.1 Å². The van der Waals surface area contributed by atoms with E-state index in [-0.39, 0.29) is 5.75 Å². The molecule has 4 nitrogen and oxygen atoms in total. The minimum absolute atomic E-state index is 0.0932. The Kier molecular flexibility index (Phi) is 4.42. The van der Waals surface area contributed by atoms with Crippen molar-refractivity contribution >= 4 is 15.7 Å². The predicted molar refractivity (Wildman–Crippen MR) is 74.4 cm³/mol. The van der Waals surface area contributed by atoms with Crippen LogP contribution in [0.2, 0.25) is 0 Å². The van der Waals surface area contributed by atoms with E-state index in [1.807, 2.05) is 6.92 Å². The van der Waals surface area contributed by atoms with Crippen molar-refractivity contribution < 1.29 is 12.8 Å². The molecule has 19 heavy (non-hydrogen) atoms. The van der Waals surface area contributed by atoms with Gasteiger partial charge in [-0.25, -0.2) is 12.8 Å². The summed E-state index contributed by atoms with van der Waals surface area (Å²) in [5.74, 6) is -0.302. The molecule has 0 unspecified atom stereocenters. The highest BCUT2D eigenvalue weighted by Gasteiger charge is 2.29. The van der Waals surface area contributed by atoms with Gasteiger partial charge in [0.05, 0.1) is 11.4 Å². The molecule has 1 aliphatic heterocycles. The summed E-state index contributed by atoms with van der Waals surface area (Å²) in [5.41, 5.74) is 1.40. The molecule has 0 radical (unpaired) electrons. The quantitative estimate of drug-likeness (QED) is 0.807. The van der Waals surface area contributed by atoms with Crippen LogP contribution in [-0.4, -0.2) is 33.8 Å². The molecule has 0 aliphatic carbocycles. The van der Waals surface area contributed by atoms with Crippen molar-refractivity contribution in [1.82, 2.24) is 5.32 Å². The van der Waals surface area contributed by atoms with Crippen LogP contribution in [0, 0.1) is 5.82 Å². The van der Waals surface area contributed by atoms with Crippen LogP contribution in [0.3, 0.4) is 0 Å². The SMILES string of the molecule is CCNCCCS(=O)(=O)N1CCc2ccc(F)cc21. The first-order valence-electron chi connectivity index (χ1n) is 6.54. The number of fused-ring (bicyclic) bond motifs is 1. The van der Waals surface area contributed by atoms with Crippen LogP contribution in [-0.2, 0) is 16.4 Å². The standard InChI is InChI=1S/C13H19FN2O2S/c1-2-15-7-3-9-19(17,18)16-8-6-11-4-5-12(14)10-13(11)16/h4-5,10,15H,2-3,6-9H2,1H3. The molecule has 0 amide bonds. The summed E-state index contributed by atoms with van der Waals surface area (Å²) in [5, 5.41) is 3.10. The molecule has 0 saturated carbocycles. The molecule has 0 atom stereocenters. The van der Waals surface area contributed by atoms with Crippen LogP contribution in [0.5, 0.6) is 0 Å². The molecular weight excluding hydrogens is 267 g/mol. The van der Waals surface area contributed by atoms with E-state index < -0.39 is 15.8 Å². The lowest BCUT2D eigenvalue weighted by atomic mass is 10.2. The number of hydrogen-bond acceptors (Lipinski definition) is 3. The Bertz CT molecular complexity index is 546. The second-order valence-corrected chi connectivity index (χ2v) is 6.63. The van der Waals surface area contributed by atoms with Gasteiger partial charge >= 0.3 is 0 Å². The Labute approximate surface area is 113 Å². The Morgan fingerprint density at radius 3 is 2.95 bits per heavy atom. The van der Waals surface area contributed by atoms with Gasteiger partial charge in [-0.1, -0.05) is 13.0 Å².